The first-order chi connectivity index (χ1) is 15.8. The van der Waals surface area contributed by atoms with Crippen LogP contribution in [0.4, 0.5) is 20.6 Å². The Hall–Kier alpha value is -3.22. The molecule has 0 aliphatic carbocycles. The SMILES string of the molecule is CNC(=O)N[C@H](CNC(=O)c1ccc(Cl)s1)C(=O)Nc1ccc(N2CCOCC2=O)c(F)c1. The van der Waals surface area contributed by atoms with Gasteiger partial charge in [0.05, 0.1) is 21.5 Å². The number of nitrogens with one attached hydrogen (secondary N) is 4. The molecule has 1 aromatic heterocycles. The average Bonchev–Trinajstić information content (AvgIpc) is 3.23. The maximum Gasteiger partial charge on any atom is 0.315 e. The number of nitrogens with zero attached hydrogens (tertiary/aromatic N) is 1. The monoisotopic (exact) mass is 497 g/mol. The van der Waals surface area contributed by atoms with Crippen LogP contribution in [0.3, 0.4) is 0 Å². The normalized spacial score (nSPS) is 14.4. The van der Waals surface area contributed by atoms with Crippen LogP contribution in [0.2, 0.25) is 4.34 Å². The zero-order chi connectivity index (χ0) is 24.0. The van der Waals surface area contributed by atoms with Gasteiger partial charge in [0.1, 0.15) is 18.5 Å². The van der Waals surface area contributed by atoms with Gasteiger partial charge in [-0.05, 0) is 30.3 Å². The summed E-state index contributed by atoms with van der Waals surface area (Å²) in [5, 5.41) is 9.81. The Kier molecular flexibility index (Phi) is 8.20. The maximum atomic E-state index is 14.6. The highest BCUT2D eigenvalue weighted by atomic mass is 35.5. The van der Waals surface area contributed by atoms with Gasteiger partial charge in [-0.2, -0.15) is 0 Å². The Morgan fingerprint density at radius 3 is 2.70 bits per heavy atom. The molecule has 0 spiro atoms. The summed E-state index contributed by atoms with van der Waals surface area (Å²) in [7, 11) is 1.37. The molecule has 1 saturated heterocycles. The van der Waals surface area contributed by atoms with E-state index >= 15 is 0 Å². The number of rotatable bonds is 7. The number of thiophene rings is 1. The van der Waals surface area contributed by atoms with Gasteiger partial charge in [-0.3, -0.25) is 14.4 Å². The van der Waals surface area contributed by atoms with Gasteiger partial charge >= 0.3 is 6.03 Å². The van der Waals surface area contributed by atoms with E-state index in [1.165, 1.54) is 30.1 Å². The highest BCUT2D eigenvalue weighted by molar-refractivity contribution is 7.18. The third-order valence-electron chi connectivity index (χ3n) is 4.60. The van der Waals surface area contributed by atoms with E-state index in [0.29, 0.717) is 15.8 Å². The molecule has 1 fully saturated rings. The molecule has 0 saturated carbocycles. The Morgan fingerprint density at radius 1 is 1.27 bits per heavy atom. The predicted octanol–water partition coefficient (Wildman–Crippen LogP) is 1.57. The molecule has 1 aromatic carbocycles. The van der Waals surface area contributed by atoms with Gasteiger partial charge in [-0.25, -0.2) is 9.18 Å². The molecule has 0 unspecified atom stereocenters. The van der Waals surface area contributed by atoms with Gasteiger partial charge in [0.2, 0.25) is 5.91 Å². The summed E-state index contributed by atoms with van der Waals surface area (Å²) in [4.78, 5) is 50.3. The molecule has 0 radical (unpaired) electrons. The number of hydrogen-bond acceptors (Lipinski definition) is 6. The van der Waals surface area contributed by atoms with Crippen molar-refractivity contribution in [2.45, 2.75) is 6.04 Å². The molecule has 10 nitrogen and oxygen atoms in total. The Balaban J connectivity index is 1.67. The van der Waals surface area contributed by atoms with E-state index in [2.05, 4.69) is 21.3 Å². The van der Waals surface area contributed by atoms with E-state index in [1.54, 1.807) is 6.07 Å². The van der Waals surface area contributed by atoms with E-state index in [0.717, 1.165) is 17.4 Å². The summed E-state index contributed by atoms with van der Waals surface area (Å²) in [5.74, 6) is -2.22. The third kappa shape index (κ3) is 6.40. The van der Waals surface area contributed by atoms with Gasteiger partial charge in [0, 0.05) is 25.8 Å². The number of amides is 5. The smallest absolute Gasteiger partial charge is 0.315 e. The number of halogens is 2. The maximum absolute atomic E-state index is 14.6. The second kappa shape index (κ2) is 11.1. The van der Waals surface area contributed by atoms with Crippen LogP contribution in [0.5, 0.6) is 0 Å². The molecule has 1 aliphatic heterocycles. The lowest BCUT2D eigenvalue weighted by Crippen LogP contribution is -2.52. The molecule has 176 valence electrons. The molecule has 2 heterocycles. The van der Waals surface area contributed by atoms with Crippen LogP contribution in [0.25, 0.3) is 0 Å². The Labute approximate surface area is 197 Å². The lowest BCUT2D eigenvalue weighted by molar-refractivity contribution is -0.125. The molecule has 5 amide bonds. The number of hydrogen-bond donors (Lipinski definition) is 4. The second-order valence-corrected chi connectivity index (χ2v) is 8.56. The van der Waals surface area contributed by atoms with Crippen molar-refractivity contribution < 1.29 is 28.3 Å². The highest BCUT2D eigenvalue weighted by Gasteiger charge is 2.25. The lowest BCUT2D eigenvalue weighted by Gasteiger charge is -2.27. The minimum atomic E-state index is -1.16. The van der Waals surface area contributed by atoms with E-state index in [-0.39, 0.29) is 37.0 Å². The van der Waals surface area contributed by atoms with Gasteiger partial charge in [-0.15, -0.1) is 11.3 Å². The zero-order valence-corrected chi connectivity index (χ0v) is 19.0. The number of anilines is 2. The standard InChI is InChI=1S/C20H21ClFN5O5S/c1-23-20(31)26-13(9-24-19(30)15-4-5-16(21)33-15)18(29)25-11-2-3-14(12(22)8-11)27-6-7-32-10-17(27)28/h2-5,8,13H,6-7,9-10H2,1H3,(H,24,30)(H,25,29)(H2,23,26,31)/t13-/m1/s1. The number of carbonyl (C=O) groups excluding carboxylic acids is 4. The zero-order valence-electron chi connectivity index (χ0n) is 17.4. The molecule has 0 bridgehead atoms. The fourth-order valence-corrected chi connectivity index (χ4v) is 3.92. The minimum Gasteiger partial charge on any atom is -0.370 e. The molecule has 3 rings (SSSR count). The number of carbonyl (C=O) groups is 4. The minimum absolute atomic E-state index is 0.0724. The molecule has 13 heteroatoms. The number of benzene rings is 1. The Morgan fingerprint density at radius 2 is 2.06 bits per heavy atom. The Bertz CT molecular complexity index is 1070. The molecular weight excluding hydrogens is 477 g/mol. The van der Waals surface area contributed by atoms with Crippen LogP contribution in [0.1, 0.15) is 9.67 Å². The van der Waals surface area contributed by atoms with Crippen LogP contribution in [-0.4, -0.2) is 63.1 Å². The molecule has 33 heavy (non-hydrogen) atoms. The van der Waals surface area contributed by atoms with Crippen molar-refractivity contribution in [1.82, 2.24) is 16.0 Å². The fourth-order valence-electron chi connectivity index (χ4n) is 2.96. The van der Waals surface area contributed by atoms with Crippen molar-refractivity contribution in [3.05, 3.63) is 45.4 Å². The number of ether oxygens (including phenoxy) is 1. The van der Waals surface area contributed by atoms with Crippen molar-refractivity contribution in [2.24, 2.45) is 0 Å². The summed E-state index contributed by atoms with van der Waals surface area (Å²) in [6, 6.07) is 5.17. The summed E-state index contributed by atoms with van der Waals surface area (Å²) < 4.78 is 20.1. The highest BCUT2D eigenvalue weighted by Crippen LogP contribution is 2.24. The van der Waals surface area contributed by atoms with E-state index in [9.17, 15) is 23.6 Å². The van der Waals surface area contributed by atoms with Gasteiger partial charge in [-0.1, -0.05) is 11.6 Å². The first-order valence-electron chi connectivity index (χ1n) is 9.78. The van der Waals surface area contributed by atoms with Crippen molar-refractivity contribution in [1.29, 1.82) is 0 Å². The largest absolute Gasteiger partial charge is 0.370 e. The fraction of sp³-hybridized carbons (Fsp3) is 0.300. The quantitative estimate of drug-likeness (QED) is 0.461. The topological polar surface area (TPSA) is 129 Å². The first kappa shape index (κ1) is 24.4. The van der Waals surface area contributed by atoms with E-state index < -0.39 is 29.7 Å². The average molecular weight is 498 g/mol. The molecule has 1 aliphatic rings. The molecule has 2 aromatic rings. The number of urea groups is 1. The van der Waals surface area contributed by atoms with E-state index in [4.69, 9.17) is 16.3 Å². The first-order valence-corrected chi connectivity index (χ1v) is 11.0. The van der Waals surface area contributed by atoms with Crippen LogP contribution < -0.4 is 26.2 Å². The van der Waals surface area contributed by atoms with E-state index in [1.807, 2.05) is 0 Å². The van der Waals surface area contributed by atoms with Crippen LogP contribution in [0, 0.1) is 5.82 Å². The third-order valence-corrected chi connectivity index (χ3v) is 5.83. The van der Waals surface area contributed by atoms with Crippen molar-refractivity contribution in [3.63, 3.8) is 0 Å². The summed E-state index contributed by atoms with van der Waals surface area (Å²) in [6.07, 6.45) is 0. The van der Waals surface area contributed by atoms with Crippen molar-refractivity contribution >= 4 is 58.1 Å². The van der Waals surface area contributed by atoms with Gasteiger partial charge in [0.25, 0.3) is 11.8 Å². The lowest BCUT2D eigenvalue weighted by atomic mass is 10.2. The molecular formula is C20H21ClFN5O5S. The van der Waals surface area contributed by atoms with Crippen LogP contribution >= 0.6 is 22.9 Å². The van der Waals surface area contributed by atoms with Crippen LogP contribution in [-0.2, 0) is 14.3 Å². The second-order valence-electron chi connectivity index (χ2n) is 6.84. The van der Waals surface area contributed by atoms with Gasteiger partial charge < -0.3 is 30.9 Å². The molecule has 4 N–H and O–H groups in total. The van der Waals surface area contributed by atoms with Gasteiger partial charge in [0.15, 0.2) is 0 Å². The summed E-state index contributed by atoms with van der Waals surface area (Å²) in [6.45, 7) is 0.152. The predicted molar refractivity (Wildman–Crippen MR) is 121 cm³/mol. The summed E-state index contributed by atoms with van der Waals surface area (Å²) in [5.41, 5.74) is 0.185. The molecule has 1 atom stereocenters. The number of morpholine rings is 1. The summed E-state index contributed by atoms with van der Waals surface area (Å²) >= 11 is 6.89. The van der Waals surface area contributed by atoms with Crippen molar-refractivity contribution in [2.75, 3.05) is 43.6 Å². The van der Waals surface area contributed by atoms with Crippen LogP contribution in [0.15, 0.2) is 30.3 Å². The van der Waals surface area contributed by atoms with Crippen molar-refractivity contribution in [3.8, 4) is 0 Å².